The fourth-order valence-electron chi connectivity index (χ4n) is 3.91. The van der Waals surface area contributed by atoms with Crippen LogP contribution in [0.4, 0.5) is 0 Å². The van der Waals surface area contributed by atoms with E-state index < -0.39 is 9.84 Å². The number of hydrogen-bond acceptors (Lipinski definition) is 4. The average Bonchev–Trinajstić information content (AvgIpc) is 3.19. The summed E-state index contributed by atoms with van der Waals surface area (Å²) in [7, 11) is -2.98. The van der Waals surface area contributed by atoms with Gasteiger partial charge >= 0.3 is 0 Å². The summed E-state index contributed by atoms with van der Waals surface area (Å²) in [5.74, 6) is 0.842. The fraction of sp³-hybridized carbons (Fsp3) is 0.632. The second kappa shape index (κ2) is 7.70. The summed E-state index contributed by atoms with van der Waals surface area (Å²) in [6.07, 6.45) is 4.89. The largest absolute Gasteiger partial charge is 0.335 e. The summed E-state index contributed by atoms with van der Waals surface area (Å²) in [5, 5.41) is 0. The molecule has 1 aliphatic heterocycles. The first-order valence-electron chi connectivity index (χ1n) is 9.07. The van der Waals surface area contributed by atoms with Crippen molar-refractivity contribution in [3.8, 4) is 0 Å². The number of nitrogens with zero attached hydrogens (tertiary/aromatic N) is 1. The van der Waals surface area contributed by atoms with Crippen LogP contribution in [0.1, 0.15) is 43.2 Å². The van der Waals surface area contributed by atoms with Crippen LogP contribution in [0.25, 0.3) is 0 Å². The number of carbonyl (C=O) groups excluding carboxylic acids is 1. The van der Waals surface area contributed by atoms with Gasteiger partial charge in [0.1, 0.15) is 0 Å². The van der Waals surface area contributed by atoms with Crippen LogP contribution in [0.5, 0.6) is 0 Å². The van der Waals surface area contributed by atoms with Gasteiger partial charge in [-0.3, -0.25) is 4.79 Å². The Balaban J connectivity index is 1.69. The molecule has 1 heterocycles. The van der Waals surface area contributed by atoms with Crippen molar-refractivity contribution in [1.82, 2.24) is 4.90 Å². The molecule has 0 N–H and O–H groups in total. The molecule has 2 aliphatic rings. The first kappa shape index (κ1) is 18.8. The zero-order valence-electron chi connectivity index (χ0n) is 15.0. The van der Waals surface area contributed by atoms with E-state index in [1.807, 2.05) is 4.90 Å². The van der Waals surface area contributed by atoms with Crippen molar-refractivity contribution in [2.24, 2.45) is 0 Å². The van der Waals surface area contributed by atoms with Crippen LogP contribution in [-0.2, 0) is 14.6 Å². The van der Waals surface area contributed by atoms with Gasteiger partial charge < -0.3 is 4.90 Å². The molecule has 1 aromatic rings. The van der Waals surface area contributed by atoms with E-state index in [9.17, 15) is 13.2 Å². The van der Waals surface area contributed by atoms with Crippen LogP contribution in [0.15, 0.2) is 23.1 Å². The second-order valence-electron chi connectivity index (χ2n) is 7.33. The minimum Gasteiger partial charge on any atom is -0.335 e. The topological polar surface area (TPSA) is 54.5 Å². The molecule has 0 radical (unpaired) electrons. The zero-order chi connectivity index (χ0) is 18.0. The van der Waals surface area contributed by atoms with Gasteiger partial charge in [0.15, 0.2) is 9.84 Å². The molecule has 4 nitrogen and oxygen atoms in total. The van der Waals surface area contributed by atoms with Gasteiger partial charge in [-0.15, -0.1) is 11.8 Å². The van der Waals surface area contributed by atoms with E-state index in [2.05, 4.69) is 32.0 Å². The number of amides is 1. The molecular weight excluding hydrogens is 354 g/mol. The lowest BCUT2D eigenvalue weighted by Gasteiger charge is -2.34. The average molecular weight is 382 g/mol. The highest BCUT2D eigenvalue weighted by Gasteiger charge is 2.38. The SMILES string of the molecule is Cc1ccc(SCC(=O)N(C2CCCC2)[C@H]2CCS(=O)(=O)C2)cc1C. The molecule has 0 unspecified atom stereocenters. The van der Waals surface area contributed by atoms with E-state index in [1.165, 1.54) is 11.1 Å². The molecule has 0 aromatic heterocycles. The Morgan fingerprint density at radius 2 is 1.84 bits per heavy atom. The van der Waals surface area contributed by atoms with Crippen LogP contribution in [-0.4, -0.2) is 48.6 Å². The maximum atomic E-state index is 13.0. The highest BCUT2D eigenvalue weighted by Crippen LogP contribution is 2.30. The van der Waals surface area contributed by atoms with Crippen LogP contribution in [0.3, 0.4) is 0 Å². The van der Waals surface area contributed by atoms with Gasteiger partial charge in [-0.05, 0) is 56.4 Å². The van der Waals surface area contributed by atoms with Crippen LogP contribution >= 0.6 is 11.8 Å². The quantitative estimate of drug-likeness (QED) is 0.734. The second-order valence-corrected chi connectivity index (χ2v) is 10.6. The normalized spacial score (nSPS) is 23.0. The standard InChI is InChI=1S/C19H27NO3S2/c1-14-7-8-18(11-15(14)2)24-12-19(21)20(16-5-3-4-6-16)17-9-10-25(22,23)13-17/h7-8,11,16-17H,3-6,9-10,12-13H2,1-2H3/t17-/m0/s1. The summed E-state index contributed by atoms with van der Waals surface area (Å²) in [6.45, 7) is 4.16. The maximum Gasteiger partial charge on any atom is 0.233 e. The Bertz CT molecular complexity index is 739. The molecule has 6 heteroatoms. The van der Waals surface area contributed by atoms with Gasteiger partial charge in [0.2, 0.25) is 5.91 Å². The monoisotopic (exact) mass is 381 g/mol. The van der Waals surface area contributed by atoms with E-state index in [1.54, 1.807) is 11.8 Å². The number of carbonyl (C=O) groups is 1. The summed E-state index contributed by atoms with van der Waals surface area (Å²) >= 11 is 1.56. The van der Waals surface area contributed by atoms with E-state index in [0.29, 0.717) is 12.2 Å². The fourth-order valence-corrected chi connectivity index (χ4v) is 6.48. The van der Waals surface area contributed by atoms with E-state index in [-0.39, 0.29) is 29.5 Å². The van der Waals surface area contributed by atoms with Gasteiger partial charge in [-0.25, -0.2) is 8.42 Å². The highest BCUT2D eigenvalue weighted by molar-refractivity contribution is 8.00. The Hall–Kier alpha value is -1.01. The van der Waals surface area contributed by atoms with Crippen molar-refractivity contribution in [2.45, 2.75) is 62.9 Å². The molecule has 1 saturated carbocycles. The third kappa shape index (κ3) is 4.59. The molecule has 1 aromatic carbocycles. The first-order chi connectivity index (χ1) is 11.9. The molecule has 1 aliphatic carbocycles. The molecule has 0 spiro atoms. The van der Waals surface area contributed by atoms with Crippen LogP contribution in [0, 0.1) is 13.8 Å². The lowest BCUT2D eigenvalue weighted by molar-refractivity contribution is -0.132. The molecule has 2 fully saturated rings. The van der Waals surface area contributed by atoms with E-state index in [4.69, 9.17) is 0 Å². The van der Waals surface area contributed by atoms with Crippen LogP contribution < -0.4 is 0 Å². The molecule has 1 saturated heterocycles. The van der Waals surface area contributed by atoms with Crippen molar-refractivity contribution in [2.75, 3.05) is 17.3 Å². The molecule has 138 valence electrons. The summed E-state index contributed by atoms with van der Waals surface area (Å²) in [5.41, 5.74) is 2.48. The predicted molar refractivity (Wildman–Crippen MR) is 103 cm³/mol. The van der Waals surface area contributed by atoms with Gasteiger partial charge in [-0.2, -0.15) is 0 Å². The minimum atomic E-state index is -2.98. The molecule has 0 bridgehead atoms. The third-order valence-electron chi connectivity index (χ3n) is 5.45. The van der Waals surface area contributed by atoms with E-state index in [0.717, 1.165) is 30.6 Å². The number of benzene rings is 1. The maximum absolute atomic E-state index is 13.0. The Morgan fingerprint density at radius 1 is 1.12 bits per heavy atom. The van der Waals surface area contributed by atoms with Crippen molar-refractivity contribution in [3.63, 3.8) is 0 Å². The Labute approximate surface area is 155 Å². The predicted octanol–water partition coefficient (Wildman–Crippen LogP) is 3.35. The molecule has 25 heavy (non-hydrogen) atoms. The minimum absolute atomic E-state index is 0.0947. The lowest BCUT2D eigenvalue weighted by atomic mass is 10.1. The molecule has 1 atom stereocenters. The molecule has 1 amide bonds. The number of hydrogen-bond donors (Lipinski definition) is 0. The summed E-state index contributed by atoms with van der Waals surface area (Å²) in [4.78, 5) is 16.0. The summed E-state index contributed by atoms with van der Waals surface area (Å²) < 4.78 is 23.8. The van der Waals surface area contributed by atoms with Gasteiger partial charge in [0.25, 0.3) is 0 Å². The Kier molecular flexibility index (Phi) is 5.78. The van der Waals surface area contributed by atoms with E-state index >= 15 is 0 Å². The van der Waals surface area contributed by atoms with Crippen molar-refractivity contribution < 1.29 is 13.2 Å². The third-order valence-corrected chi connectivity index (χ3v) is 8.18. The lowest BCUT2D eigenvalue weighted by Crippen LogP contribution is -2.47. The van der Waals surface area contributed by atoms with Crippen molar-refractivity contribution in [1.29, 1.82) is 0 Å². The van der Waals surface area contributed by atoms with Crippen molar-refractivity contribution >= 4 is 27.5 Å². The number of rotatable bonds is 5. The van der Waals surface area contributed by atoms with Gasteiger partial charge in [-0.1, -0.05) is 18.9 Å². The van der Waals surface area contributed by atoms with Crippen molar-refractivity contribution in [3.05, 3.63) is 29.3 Å². The number of sulfone groups is 1. The summed E-state index contributed by atoms with van der Waals surface area (Å²) in [6, 6.07) is 6.36. The van der Waals surface area contributed by atoms with Crippen LogP contribution in [0.2, 0.25) is 0 Å². The number of thioether (sulfide) groups is 1. The molecule has 3 rings (SSSR count). The first-order valence-corrected chi connectivity index (χ1v) is 11.9. The van der Waals surface area contributed by atoms with Gasteiger partial charge in [0.05, 0.1) is 17.3 Å². The zero-order valence-corrected chi connectivity index (χ0v) is 16.7. The Morgan fingerprint density at radius 3 is 2.44 bits per heavy atom. The smallest absolute Gasteiger partial charge is 0.233 e. The highest BCUT2D eigenvalue weighted by atomic mass is 32.2. The number of aryl methyl sites for hydroxylation is 2. The van der Waals surface area contributed by atoms with Gasteiger partial charge in [0, 0.05) is 17.0 Å². The molecular formula is C19H27NO3S2.